The number of terminal acetylenes is 1. The Morgan fingerprint density at radius 2 is 1.75 bits per heavy atom. The smallest absolute Gasteiger partial charge is 0.315 e. The van der Waals surface area contributed by atoms with Crippen molar-refractivity contribution in [1.29, 1.82) is 0 Å². The average molecular weight is 749 g/mol. The number of ketones is 3. The first-order valence-corrected chi connectivity index (χ1v) is 20.8. The minimum Gasteiger partial charge on any atom is -0.334 e. The third kappa shape index (κ3) is 9.47. The van der Waals surface area contributed by atoms with Gasteiger partial charge in [0.2, 0.25) is 21.7 Å². The van der Waals surface area contributed by atoms with Crippen molar-refractivity contribution in [3.63, 3.8) is 0 Å². The van der Waals surface area contributed by atoms with Crippen LogP contribution in [0.25, 0.3) is 0 Å². The zero-order chi connectivity index (χ0) is 38.5. The maximum absolute atomic E-state index is 14.9. The van der Waals surface area contributed by atoms with E-state index < -0.39 is 57.1 Å². The van der Waals surface area contributed by atoms with Gasteiger partial charge in [-0.3, -0.25) is 19.2 Å². The zero-order valence-electron chi connectivity index (χ0n) is 31.5. The lowest BCUT2D eigenvalue weighted by molar-refractivity contribution is -0.143. The minimum atomic E-state index is -3.40. The molecule has 2 saturated heterocycles. The first kappa shape index (κ1) is 40.4. The van der Waals surface area contributed by atoms with Gasteiger partial charge in [-0.05, 0) is 79.2 Å². The third-order valence-corrected chi connectivity index (χ3v) is 13.8. The molecule has 2 N–H and O–H groups in total. The number of sulfonamides is 1. The Hall–Kier alpha value is -3.82. The summed E-state index contributed by atoms with van der Waals surface area (Å²) in [6.45, 7) is 10.3. The number of rotatable bonds is 16. The Morgan fingerprint density at radius 3 is 2.36 bits per heavy atom. The quantitative estimate of drug-likeness (QED) is 0.146. The van der Waals surface area contributed by atoms with E-state index in [4.69, 9.17) is 6.42 Å². The fraction of sp³-hybridized carbons (Fsp3) is 0.634. The monoisotopic (exact) mass is 748 g/mol. The van der Waals surface area contributed by atoms with Crippen LogP contribution in [0.3, 0.4) is 0 Å². The van der Waals surface area contributed by atoms with Crippen molar-refractivity contribution in [3.8, 4) is 12.3 Å². The first-order valence-electron chi connectivity index (χ1n) is 19.2. The summed E-state index contributed by atoms with van der Waals surface area (Å²) in [6, 6.07) is 5.10. The number of carbonyl (C=O) groups excluding carboxylic acids is 5. The molecule has 5 rings (SSSR count). The van der Waals surface area contributed by atoms with Crippen LogP contribution in [0.2, 0.25) is 0 Å². The molecule has 0 spiro atoms. The van der Waals surface area contributed by atoms with Gasteiger partial charge in [0, 0.05) is 50.9 Å². The molecule has 288 valence electrons. The van der Waals surface area contributed by atoms with Crippen molar-refractivity contribution in [2.75, 3.05) is 25.4 Å². The van der Waals surface area contributed by atoms with Gasteiger partial charge >= 0.3 is 6.03 Å². The van der Waals surface area contributed by atoms with E-state index >= 15 is 0 Å². The summed E-state index contributed by atoms with van der Waals surface area (Å²) in [5.41, 5.74) is 1.71. The highest BCUT2D eigenvalue weighted by atomic mass is 32.2. The number of Topliss-reactive ketones (excluding diaryl/α,β-unsaturated/α-hetero) is 3. The molecule has 2 aliphatic carbocycles. The van der Waals surface area contributed by atoms with Crippen molar-refractivity contribution < 1.29 is 32.4 Å². The predicted octanol–water partition coefficient (Wildman–Crippen LogP) is 4.24. The molecule has 53 heavy (non-hydrogen) atoms. The molecule has 0 aromatic heterocycles. The second-order valence-electron chi connectivity index (χ2n) is 16.5. The van der Waals surface area contributed by atoms with Gasteiger partial charge in [-0.25, -0.2) is 13.2 Å². The van der Waals surface area contributed by atoms with E-state index in [1.165, 1.54) is 4.31 Å². The van der Waals surface area contributed by atoms with Crippen molar-refractivity contribution >= 4 is 39.3 Å². The predicted molar refractivity (Wildman–Crippen MR) is 203 cm³/mol. The van der Waals surface area contributed by atoms with E-state index in [-0.39, 0.29) is 67.4 Å². The number of nitrogens with zero attached hydrogens (tertiary/aromatic N) is 2. The Labute approximate surface area is 315 Å². The van der Waals surface area contributed by atoms with E-state index in [1.807, 2.05) is 45.0 Å². The molecular formula is C41H56N4O7S. The van der Waals surface area contributed by atoms with Crippen molar-refractivity contribution in [3.05, 3.63) is 48.0 Å². The van der Waals surface area contributed by atoms with E-state index in [2.05, 4.69) is 23.1 Å². The largest absolute Gasteiger partial charge is 0.334 e. The zero-order valence-corrected chi connectivity index (χ0v) is 32.3. The lowest BCUT2D eigenvalue weighted by Crippen LogP contribution is -2.60. The highest BCUT2D eigenvalue weighted by Crippen LogP contribution is 2.44. The fourth-order valence-corrected chi connectivity index (χ4v) is 10.4. The van der Waals surface area contributed by atoms with Gasteiger partial charge in [0.05, 0.1) is 11.8 Å². The van der Waals surface area contributed by atoms with Crippen LogP contribution in [0.15, 0.2) is 36.9 Å². The second-order valence-corrected chi connectivity index (χ2v) is 18.6. The number of nitrogens with one attached hydrogen (secondary N) is 2. The average Bonchev–Trinajstić information content (AvgIpc) is 3.89. The van der Waals surface area contributed by atoms with Gasteiger partial charge in [-0.15, -0.1) is 18.9 Å². The summed E-state index contributed by atoms with van der Waals surface area (Å²) in [7, 11) is -3.40. The summed E-state index contributed by atoms with van der Waals surface area (Å²) in [5.74, 6) is -0.248. The summed E-state index contributed by atoms with van der Waals surface area (Å²) >= 11 is 0. The number of urea groups is 1. The number of benzene rings is 1. The SMILES string of the molecule is C#CCCC(CC(=O)[C@@H]1[C@H]2CCC[C@H]2CN1C(=O)[C@@H](NC(=O)N[C@H](CN1CCCS1(=O)=O)C(C)(C)C)C1Cc2ccccc2C1)C(=O)C(=O)CCC=C. The Kier molecular flexibility index (Phi) is 13.0. The van der Waals surface area contributed by atoms with E-state index in [1.54, 1.807) is 11.0 Å². The molecule has 0 bridgehead atoms. The normalized spacial score (nSPS) is 24.0. The van der Waals surface area contributed by atoms with Crippen molar-refractivity contribution in [2.45, 2.75) is 110 Å². The standard InChI is InChI=1S/C41H56N4O7S/c1-6-8-14-29(38(48)33(46)19-9-7-2)24-34(47)37-32-18-12-17-30(32)25-45(37)39(49)36(31-22-27-15-10-11-16-28(27)23-31)43-40(50)42-35(41(3,4)5)26-44-20-13-21-53(44,51)52/h1,7,10-11,15-16,29-32,35-37H,2,8-9,12-14,17-26H2,3-5H3,(H2,42,43,50)/t29?,30-,32-,35+,36-,37-/m0/s1. The van der Waals surface area contributed by atoms with Gasteiger partial charge in [-0.2, -0.15) is 4.31 Å². The third-order valence-electron chi connectivity index (χ3n) is 11.9. The molecule has 1 aromatic carbocycles. The maximum atomic E-state index is 14.9. The number of hydrogen-bond donors (Lipinski definition) is 2. The van der Waals surface area contributed by atoms with Crippen LogP contribution in [0.1, 0.15) is 89.7 Å². The molecule has 1 unspecified atom stereocenters. The van der Waals surface area contributed by atoms with Crippen molar-refractivity contribution in [2.24, 2.45) is 29.1 Å². The molecule has 2 aliphatic heterocycles. The van der Waals surface area contributed by atoms with Crippen LogP contribution < -0.4 is 10.6 Å². The number of hydrogen-bond acceptors (Lipinski definition) is 7. The molecule has 3 amide bonds. The Balaban J connectivity index is 1.40. The number of fused-ring (bicyclic) bond motifs is 2. The topological polar surface area (TPSA) is 150 Å². The molecule has 4 aliphatic rings. The molecule has 3 fully saturated rings. The van der Waals surface area contributed by atoms with Crippen LogP contribution in [0.5, 0.6) is 0 Å². The number of allylic oxidation sites excluding steroid dienone is 1. The van der Waals surface area contributed by atoms with Crippen LogP contribution in [-0.2, 0) is 42.0 Å². The van der Waals surface area contributed by atoms with Gasteiger partial charge in [-0.1, -0.05) is 57.5 Å². The summed E-state index contributed by atoms with van der Waals surface area (Å²) in [5, 5.41) is 6.03. The number of amides is 3. The van der Waals surface area contributed by atoms with Crippen molar-refractivity contribution in [1.82, 2.24) is 19.8 Å². The molecular weight excluding hydrogens is 693 g/mol. The molecule has 12 heteroatoms. The van der Waals surface area contributed by atoms with Gasteiger partial charge in [0.1, 0.15) is 6.04 Å². The molecule has 11 nitrogen and oxygen atoms in total. The van der Waals surface area contributed by atoms with Crippen LogP contribution in [0, 0.1) is 41.4 Å². The van der Waals surface area contributed by atoms with Crippen LogP contribution >= 0.6 is 0 Å². The summed E-state index contributed by atoms with van der Waals surface area (Å²) in [4.78, 5) is 70.9. The Morgan fingerprint density at radius 1 is 1.06 bits per heavy atom. The minimum absolute atomic E-state index is 0.0188. The highest BCUT2D eigenvalue weighted by molar-refractivity contribution is 7.89. The van der Waals surface area contributed by atoms with E-state index in [9.17, 15) is 32.4 Å². The van der Waals surface area contributed by atoms with E-state index in [0.29, 0.717) is 38.8 Å². The maximum Gasteiger partial charge on any atom is 0.315 e. The molecule has 2 heterocycles. The van der Waals surface area contributed by atoms with Gasteiger partial charge in [0.25, 0.3) is 0 Å². The van der Waals surface area contributed by atoms with Crippen LogP contribution in [0.4, 0.5) is 4.79 Å². The number of likely N-dealkylation sites (tertiary alicyclic amines) is 1. The second kappa shape index (κ2) is 17.1. The van der Waals surface area contributed by atoms with Gasteiger partial charge in [0.15, 0.2) is 11.6 Å². The summed E-state index contributed by atoms with van der Waals surface area (Å²) in [6.07, 6.45) is 12.0. The highest BCUT2D eigenvalue weighted by Gasteiger charge is 2.52. The first-order chi connectivity index (χ1) is 25.1. The lowest BCUT2D eigenvalue weighted by Gasteiger charge is -2.36. The molecule has 6 atom stereocenters. The Bertz CT molecular complexity index is 1700. The molecule has 1 aromatic rings. The van der Waals surface area contributed by atoms with E-state index in [0.717, 1.165) is 30.4 Å². The number of carbonyl (C=O) groups is 5. The van der Waals surface area contributed by atoms with Crippen LogP contribution in [-0.4, -0.2) is 90.4 Å². The summed E-state index contributed by atoms with van der Waals surface area (Å²) < 4.78 is 26.8. The van der Waals surface area contributed by atoms with Gasteiger partial charge < -0.3 is 15.5 Å². The molecule has 0 radical (unpaired) electrons. The molecule has 1 saturated carbocycles. The lowest BCUT2D eigenvalue weighted by atomic mass is 9.84. The fourth-order valence-electron chi connectivity index (χ4n) is 8.84.